The predicted octanol–water partition coefficient (Wildman–Crippen LogP) is 6.38. The molecule has 15 heteroatoms. The predicted molar refractivity (Wildman–Crippen MR) is 122 cm³/mol. The Morgan fingerprint density at radius 1 is 0.833 bits per heavy atom. The van der Waals surface area contributed by atoms with Crippen LogP contribution >= 0.6 is 0 Å². The number of rotatable bonds is 9. The normalized spacial score (nSPS) is 20.6. The van der Waals surface area contributed by atoms with E-state index in [-0.39, 0.29) is 0 Å². The van der Waals surface area contributed by atoms with Crippen LogP contribution in [0.2, 0.25) is 0 Å². The van der Waals surface area contributed by atoms with Gasteiger partial charge in [0.2, 0.25) is 0 Å². The molecule has 2 aliphatic heterocycles. The molecule has 2 rings (SSSR count). The van der Waals surface area contributed by atoms with Crippen molar-refractivity contribution in [2.45, 2.75) is 121 Å². The van der Waals surface area contributed by atoms with Crippen LogP contribution in [-0.2, 0) is 10.4 Å². The molecule has 0 aromatic heterocycles. The van der Waals surface area contributed by atoms with Crippen LogP contribution in [0, 0.1) is 0 Å². The molecule has 220 valence electrons. The maximum absolute atomic E-state index is 12.0. The molecular weight excluding hydrogens is 528 g/mol. The minimum absolute atomic E-state index is 0.552. The van der Waals surface area contributed by atoms with E-state index in [9.17, 15) is 35.1 Å². The van der Waals surface area contributed by atoms with Crippen LogP contribution in [0.1, 0.15) is 85.0 Å². The van der Waals surface area contributed by atoms with E-state index in [0.717, 1.165) is 12.1 Å². The number of alkyl halides is 8. The Hall–Kier alpha value is -0.770. The second-order valence-corrected chi connectivity index (χ2v) is 9.60. The van der Waals surface area contributed by atoms with Crippen LogP contribution in [0.4, 0.5) is 35.1 Å². The monoisotopic (exact) mass is 568 g/mol. The first-order valence-electron chi connectivity index (χ1n) is 11.9. The molecule has 4 N–H and O–H groups in total. The Balaban J connectivity index is 0. The molecule has 6 nitrogen and oxygen atoms in total. The van der Waals surface area contributed by atoms with Gasteiger partial charge in [-0.15, -0.1) is 0 Å². The summed E-state index contributed by atoms with van der Waals surface area (Å²) < 4.78 is 125. The number of nitrogens with one attached hydrogen (secondary N) is 2. The lowest BCUT2D eigenvalue weighted by Crippen LogP contribution is -2.56. The van der Waals surface area contributed by atoms with E-state index in [1.54, 1.807) is 0 Å². The Labute approximate surface area is 208 Å². The molecule has 0 aliphatic carbocycles. The van der Waals surface area contributed by atoms with Crippen LogP contribution in [0.5, 0.6) is 0 Å². The molecule has 0 saturated carbocycles. The van der Waals surface area contributed by atoms with Gasteiger partial charge in [0.05, 0.1) is 0 Å². The van der Waals surface area contributed by atoms with Crippen LogP contribution in [0.25, 0.3) is 0 Å². The van der Waals surface area contributed by atoms with E-state index < -0.39 is 41.5 Å². The molecular formula is C21H40F8N2O4S. The van der Waals surface area contributed by atoms with E-state index in [0.29, 0.717) is 0 Å². The van der Waals surface area contributed by atoms with Crippen LogP contribution in [0.15, 0.2) is 0 Å². The number of hydrogen-bond donors (Lipinski definition) is 4. The summed E-state index contributed by atoms with van der Waals surface area (Å²) in [5, 5.41) is 6.98. The molecule has 2 fully saturated rings. The zero-order valence-corrected chi connectivity index (χ0v) is 21.7. The Morgan fingerprint density at radius 2 is 1.17 bits per heavy atom. The summed E-state index contributed by atoms with van der Waals surface area (Å²) in [6, 6.07) is 1.73. The van der Waals surface area contributed by atoms with Crippen molar-refractivity contribution in [1.29, 1.82) is 0 Å². The van der Waals surface area contributed by atoms with Gasteiger partial charge >= 0.3 is 34.6 Å². The van der Waals surface area contributed by atoms with Crippen LogP contribution in [-0.4, -0.2) is 66.9 Å². The van der Waals surface area contributed by atoms with Crippen molar-refractivity contribution in [3.63, 3.8) is 0 Å². The summed E-state index contributed by atoms with van der Waals surface area (Å²) in [5.41, 5.74) is 0. The van der Waals surface area contributed by atoms with Crippen molar-refractivity contribution in [2.24, 2.45) is 0 Å². The smallest absolute Gasteiger partial charge is 0.314 e. The molecule has 2 aliphatic rings. The van der Waals surface area contributed by atoms with Gasteiger partial charge in [-0.3, -0.25) is 9.11 Å². The fraction of sp³-hybridized carbons (Fsp3) is 1.00. The SMILES string of the molecule is CC(F)(F)C(F)(F)C(F)(F)C(F)F.CCCCC1CCCN1.CCCCC1CCCN1.O=S(=O)(O)O. The summed E-state index contributed by atoms with van der Waals surface area (Å²) in [5.74, 6) is -17.3. The summed E-state index contributed by atoms with van der Waals surface area (Å²) in [6.07, 6.45) is 9.08. The summed E-state index contributed by atoms with van der Waals surface area (Å²) in [4.78, 5) is 0. The van der Waals surface area contributed by atoms with E-state index in [4.69, 9.17) is 17.5 Å². The topological polar surface area (TPSA) is 98.7 Å². The van der Waals surface area contributed by atoms with E-state index in [1.165, 1.54) is 77.3 Å². The molecule has 0 spiro atoms. The van der Waals surface area contributed by atoms with Gasteiger partial charge in [-0.05, 0) is 51.6 Å². The van der Waals surface area contributed by atoms with Crippen molar-refractivity contribution < 1.29 is 52.6 Å². The summed E-state index contributed by atoms with van der Waals surface area (Å²) in [7, 11) is -4.67. The van der Waals surface area contributed by atoms with Crippen molar-refractivity contribution in [3.05, 3.63) is 0 Å². The number of hydrogen-bond acceptors (Lipinski definition) is 4. The Morgan fingerprint density at radius 3 is 1.33 bits per heavy atom. The third kappa shape index (κ3) is 16.9. The average Bonchev–Trinajstić information content (AvgIpc) is 3.43. The lowest BCUT2D eigenvalue weighted by Gasteiger charge is -2.29. The number of unbranched alkanes of at least 4 members (excludes halogenated alkanes) is 2. The Kier molecular flexibility index (Phi) is 18.4. The van der Waals surface area contributed by atoms with Gasteiger partial charge in [-0.2, -0.15) is 34.8 Å². The number of halogens is 8. The van der Waals surface area contributed by atoms with Gasteiger partial charge < -0.3 is 10.6 Å². The second kappa shape index (κ2) is 17.7. The first-order chi connectivity index (χ1) is 16.3. The first-order valence-corrected chi connectivity index (χ1v) is 13.3. The van der Waals surface area contributed by atoms with E-state index in [1.807, 2.05) is 0 Å². The fourth-order valence-corrected chi connectivity index (χ4v) is 3.34. The zero-order valence-electron chi connectivity index (χ0n) is 20.9. The standard InChI is InChI=1S/2C8H17N.C5H4F8.H2O4S/c2*1-2-3-5-8-6-4-7-9-8;1-3(8,9)5(12,13)4(10,11)2(6)7;1-5(2,3)4/h2*8-9H,2-7H2,1H3;2H,1H3;(H2,1,2,3,4). The van der Waals surface area contributed by atoms with Crippen LogP contribution in [0.3, 0.4) is 0 Å². The highest BCUT2D eigenvalue weighted by molar-refractivity contribution is 7.79. The van der Waals surface area contributed by atoms with Crippen LogP contribution < -0.4 is 10.6 Å². The minimum Gasteiger partial charge on any atom is -0.314 e. The summed E-state index contributed by atoms with van der Waals surface area (Å²) >= 11 is 0. The molecule has 0 aromatic rings. The lowest BCUT2D eigenvalue weighted by molar-refractivity contribution is -0.333. The van der Waals surface area contributed by atoms with Gasteiger partial charge in [0, 0.05) is 19.0 Å². The highest BCUT2D eigenvalue weighted by Gasteiger charge is 2.73. The molecule has 2 atom stereocenters. The third-order valence-corrected chi connectivity index (χ3v) is 5.38. The third-order valence-electron chi connectivity index (χ3n) is 5.38. The highest BCUT2D eigenvalue weighted by atomic mass is 32.3. The summed E-state index contributed by atoms with van der Waals surface area (Å²) in [6.45, 7) is 6.48. The van der Waals surface area contributed by atoms with E-state index >= 15 is 0 Å². The fourth-order valence-electron chi connectivity index (χ4n) is 3.34. The van der Waals surface area contributed by atoms with Crippen molar-refractivity contribution in [1.82, 2.24) is 10.6 Å². The van der Waals surface area contributed by atoms with Gasteiger partial charge in [0.25, 0.3) is 0 Å². The average molecular weight is 569 g/mol. The van der Waals surface area contributed by atoms with Crippen molar-refractivity contribution in [2.75, 3.05) is 13.1 Å². The molecule has 2 heterocycles. The second-order valence-electron chi connectivity index (χ2n) is 8.71. The van der Waals surface area contributed by atoms with Gasteiger partial charge in [0.1, 0.15) is 0 Å². The Bertz CT molecular complexity index is 625. The first kappa shape index (κ1) is 37.4. The van der Waals surface area contributed by atoms with E-state index in [2.05, 4.69) is 24.5 Å². The maximum Gasteiger partial charge on any atom is 0.394 e. The molecule has 2 saturated heterocycles. The largest absolute Gasteiger partial charge is 0.394 e. The molecule has 0 radical (unpaired) electrons. The van der Waals surface area contributed by atoms with Gasteiger partial charge in [0.15, 0.2) is 0 Å². The highest BCUT2D eigenvalue weighted by Crippen LogP contribution is 2.48. The van der Waals surface area contributed by atoms with Crippen molar-refractivity contribution in [3.8, 4) is 0 Å². The molecule has 0 aromatic carbocycles. The van der Waals surface area contributed by atoms with Gasteiger partial charge in [-0.25, -0.2) is 8.78 Å². The molecule has 2 unspecified atom stereocenters. The van der Waals surface area contributed by atoms with Gasteiger partial charge in [-0.1, -0.05) is 39.5 Å². The molecule has 36 heavy (non-hydrogen) atoms. The maximum atomic E-state index is 12.0. The van der Waals surface area contributed by atoms with Crippen molar-refractivity contribution >= 4 is 10.4 Å². The zero-order chi connectivity index (χ0) is 28.6. The minimum atomic E-state index is -6.06. The molecule has 0 amide bonds. The molecule has 0 bridgehead atoms. The quantitative estimate of drug-likeness (QED) is 0.190. The lowest BCUT2D eigenvalue weighted by atomic mass is 10.1.